The lowest BCUT2D eigenvalue weighted by atomic mass is 9.46. The third-order valence-corrected chi connectivity index (χ3v) is 9.42. The molecule has 0 aliphatic heterocycles. The van der Waals surface area contributed by atoms with Crippen molar-refractivity contribution in [2.75, 3.05) is 0 Å². The van der Waals surface area contributed by atoms with Crippen molar-refractivity contribution in [3.05, 3.63) is 37.0 Å². The summed E-state index contributed by atoms with van der Waals surface area (Å²) in [4.78, 5) is 11.7. The van der Waals surface area contributed by atoms with Crippen LogP contribution in [0.15, 0.2) is 37.0 Å². The molecule has 154 valence electrons. The Morgan fingerprint density at radius 3 is 2.61 bits per heavy atom. The molecule has 0 spiro atoms. The van der Waals surface area contributed by atoms with Crippen molar-refractivity contribution in [2.24, 2.45) is 40.4 Å². The second kappa shape index (κ2) is 7.50. The highest BCUT2D eigenvalue weighted by molar-refractivity contribution is 5.81. The zero-order valence-electron chi connectivity index (χ0n) is 18.0. The molecule has 7 unspecified atom stereocenters. The number of hydrogen-bond acceptors (Lipinski definition) is 2. The molecule has 0 saturated heterocycles. The molecule has 4 aliphatic carbocycles. The highest BCUT2D eigenvalue weighted by atomic mass is 16.5. The molecule has 28 heavy (non-hydrogen) atoms. The monoisotopic (exact) mass is 382 g/mol. The highest BCUT2D eigenvalue weighted by Gasteiger charge is 2.58. The minimum absolute atomic E-state index is 0.0651. The van der Waals surface area contributed by atoms with E-state index in [-0.39, 0.29) is 12.1 Å². The fourth-order valence-corrected chi connectivity index (χ4v) is 7.70. The van der Waals surface area contributed by atoms with Crippen LogP contribution in [0.4, 0.5) is 0 Å². The van der Waals surface area contributed by atoms with Crippen LogP contribution in [0.2, 0.25) is 0 Å². The topological polar surface area (TPSA) is 26.3 Å². The maximum atomic E-state index is 11.7. The minimum Gasteiger partial charge on any atom is -0.459 e. The Morgan fingerprint density at radius 1 is 1.11 bits per heavy atom. The first kappa shape index (κ1) is 20.0. The maximum absolute atomic E-state index is 11.7. The Kier molecular flexibility index (Phi) is 5.35. The molecule has 0 radical (unpaired) electrons. The summed E-state index contributed by atoms with van der Waals surface area (Å²) in [5.41, 5.74) is 0.893. The third kappa shape index (κ3) is 3.12. The van der Waals surface area contributed by atoms with Gasteiger partial charge in [-0.2, -0.15) is 0 Å². The summed E-state index contributed by atoms with van der Waals surface area (Å²) in [7, 11) is 0. The van der Waals surface area contributed by atoms with E-state index < -0.39 is 0 Å². The molecule has 0 bridgehead atoms. The van der Waals surface area contributed by atoms with Crippen molar-refractivity contribution in [2.45, 2.75) is 78.2 Å². The van der Waals surface area contributed by atoms with E-state index in [2.05, 4.69) is 51.7 Å². The Bertz CT molecular complexity index is 676. The van der Waals surface area contributed by atoms with Crippen LogP contribution in [0, 0.1) is 40.4 Å². The van der Waals surface area contributed by atoms with Crippen LogP contribution >= 0.6 is 0 Å². The van der Waals surface area contributed by atoms with Crippen molar-refractivity contribution >= 4 is 5.97 Å². The van der Waals surface area contributed by atoms with Crippen molar-refractivity contribution < 1.29 is 9.53 Å². The largest absolute Gasteiger partial charge is 0.459 e. The van der Waals surface area contributed by atoms with E-state index in [0.717, 1.165) is 36.5 Å². The van der Waals surface area contributed by atoms with Crippen molar-refractivity contribution in [1.29, 1.82) is 0 Å². The SMILES string of the molecule is C=CC(=O)OC1CCC2(C)C(C=CC3C2CCC2(C)C3CC[C@@H]2C/C=C/C)C1. The normalized spacial score (nSPS) is 47.2. The number of ether oxygens (including phenoxy) is 1. The van der Waals surface area contributed by atoms with E-state index in [4.69, 9.17) is 4.74 Å². The van der Waals surface area contributed by atoms with Crippen LogP contribution in [0.1, 0.15) is 72.1 Å². The Balaban J connectivity index is 1.53. The van der Waals surface area contributed by atoms with Gasteiger partial charge in [0, 0.05) is 6.08 Å². The lowest BCUT2D eigenvalue weighted by Crippen LogP contribution is -2.52. The average molecular weight is 383 g/mol. The van der Waals surface area contributed by atoms with Gasteiger partial charge in [-0.05, 0) is 98.7 Å². The van der Waals surface area contributed by atoms with Gasteiger partial charge in [0.1, 0.15) is 6.10 Å². The molecule has 8 atom stereocenters. The highest BCUT2D eigenvalue weighted by Crippen LogP contribution is 2.66. The van der Waals surface area contributed by atoms with Crippen LogP contribution in [-0.4, -0.2) is 12.1 Å². The van der Waals surface area contributed by atoms with Gasteiger partial charge in [-0.3, -0.25) is 0 Å². The molecule has 0 aromatic rings. The number of rotatable bonds is 4. The molecule has 4 aliphatic rings. The van der Waals surface area contributed by atoms with Crippen LogP contribution in [0.3, 0.4) is 0 Å². The van der Waals surface area contributed by atoms with E-state index in [1.165, 1.54) is 44.6 Å². The van der Waals surface area contributed by atoms with Gasteiger partial charge in [0.2, 0.25) is 0 Å². The summed E-state index contributed by atoms with van der Waals surface area (Å²) in [6, 6.07) is 0. The second-order valence-electron chi connectivity index (χ2n) is 10.4. The Labute approximate surface area is 171 Å². The quantitative estimate of drug-likeness (QED) is 0.316. The third-order valence-electron chi connectivity index (χ3n) is 9.42. The second-order valence-corrected chi connectivity index (χ2v) is 10.4. The lowest BCUT2D eigenvalue weighted by Gasteiger charge is -2.58. The van der Waals surface area contributed by atoms with Crippen molar-refractivity contribution in [3.63, 3.8) is 0 Å². The van der Waals surface area contributed by atoms with Gasteiger partial charge >= 0.3 is 5.97 Å². The molecular formula is C26H38O2. The molecular weight excluding hydrogens is 344 g/mol. The summed E-state index contributed by atoms with van der Waals surface area (Å²) in [6.45, 7) is 10.8. The predicted molar refractivity (Wildman–Crippen MR) is 115 cm³/mol. The first-order valence-corrected chi connectivity index (χ1v) is 11.5. The van der Waals surface area contributed by atoms with Gasteiger partial charge in [-0.1, -0.05) is 44.7 Å². The Morgan fingerprint density at radius 2 is 1.86 bits per heavy atom. The summed E-state index contributed by atoms with van der Waals surface area (Å²) < 4.78 is 5.61. The zero-order valence-corrected chi connectivity index (χ0v) is 18.0. The van der Waals surface area contributed by atoms with Crippen molar-refractivity contribution in [3.8, 4) is 0 Å². The zero-order chi connectivity index (χ0) is 19.9. The molecule has 2 heteroatoms. The average Bonchev–Trinajstić information content (AvgIpc) is 3.02. The summed E-state index contributed by atoms with van der Waals surface area (Å²) in [6.07, 6.45) is 21.1. The molecule has 2 nitrogen and oxygen atoms in total. The minimum atomic E-state index is -0.266. The van der Waals surface area contributed by atoms with Gasteiger partial charge in [0.05, 0.1) is 0 Å². The van der Waals surface area contributed by atoms with Crippen molar-refractivity contribution in [1.82, 2.24) is 0 Å². The molecule has 0 aromatic heterocycles. The molecule has 3 fully saturated rings. The number of fused-ring (bicyclic) bond motifs is 5. The lowest BCUT2D eigenvalue weighted by molar-refractivity contribution is -0.149. The molecule has 0 N–H and O–H groups in total. The molecule has 3 saturated carbocycles. The smallest absolute Gasteiger partial charge is 0.330 e. The van der Waals surface area contributed by atoms with E-state index in [9.17, 15) is 4.79 Å². The molecule has 0 heterocycles. The van der Waals surface area contributed by atoms with Crippen LogP contribution < -0.4 is 0 Å². The van der Waals surface area contributed by atoms with Crippen LogP contribution in [-0.2, 0) is 9.53 Å². The fourth-order valence-electron chi connectivity index (χ4n) is 7.70. The van der Waals surface area contributed by atoms with E-state index in [0.29, 0.717) is 16.7 Å². The summed E-state index contributed by atoms with van der Waals surface area (Å²) >= 11 is 0. The number of carbonyl (C=O) groups excluding carboxylic acids is 1. The number of esters is 1. The maximum Gasteiger partial charge on any atom is 0.330 e. The van der Waals surface area contributed by atoms with E-state index >= 15 is 0 Å². The number of carbonyl (C=O) groups is 1. The fraction of sp³-hybridized carbons (Fsp3) is 0.731. The number of hydrogen-bond donors (Lipinski definition) is 0. The molecule has 0 aromatic carbocycles. The first-order valence-electron chi connectivity index (χ1n) is 11.5. The van der Waals surface area contributed by atoms with E-state index in [1.807, 2.05) is 0 Å². The van der Waals surface area contributed by atoms with Gasteiger partial charge < -0.3 is 4.74 Å². The summed E-state index contributed by atoms with van der Waals surface area (Å²) in [5.74, 6) is 3.56. The van der Waals surface area contributed by atoms with Crippen LogP contribution in [0.5, 0.6) is 0 Å². The van der Waals surface area contributed by atoms with E-state index in [1.54, 1.807) is 0 Å². The number of allylic oxidation sites excluding steroid dienone is 4. The van der Waals surface area contributed by atoms with Gasteiger partial charge in [0.15, 0.2) is 0 Å². The Hall–Kier alpha value is -1.31. The van der Waals surface area contributed by atoms with Gasteiger partial charge in [-0.25, -0.2) is 4.79 Å². The van der Waals surface area contributed by atoms with Gasteiger partial charge in [-0.15, -0.1) is 0 Å². The van der Waals surface area contributed by atoms with Gasteiger partial charge in [0.25, 0.3) is 0 Å². The molecule has 0 amide bonds. The van der Waals surface area contributed by atoms with Crippen LogP contribution in [0.25, 0.3) is 0 Å². The standard InChI is InChI=1S/C26H38O2/c1-5-7-8-18-10-12-22-21-11-9-19-17-20(28-24(27)6-2)13-15-26(19,4)23(21)14-16-25(18,22)3/h5-7,9,11,18-23H,2,8,10,12-17H2,1,3-4H3/b7-5+/t18-,19?,20?,21?,22?,23?,25?,26?/m0/s1. The molecule has 4 rings (SSSR count). The summed E-state index contributed by atoms with van der Waals surface area (Å²) in [5, 5.41) is 0. The first-order chi connectivity index (χ1) is 13.4. The predicted octanol–water partition coefficient (Wildman–Crippen LogP) is 6.49.